The second-order valence-electron chi connectivity index (χ2n) is 5.40. The first-order valence-corrected chi connectivity index (χ1v) is 7.32. The molecule has 0 bridgehead atoms. The molecule has 1 aliphatic carbocycles. The molecular formula is C17H18N2O2. The van der Waals surface area contributed by atoms with Gasteiger partial charge in [-0.3, -0.25) is 4.57 Å². The Balaban J connectivity index is 2.14. The van der Waals surface area contributed by atoms with E-state index < -0.39 is 0 Å². The van der Waals surface area contributed by atoms with Gasteiger partial charge in [0, 0.05) is 30.0 Å². The topological polar surface area (TPSA) is 69.2 Å². The van der Waals surface area contributed by atoms with E-state index in [2.05, 4.69) is 6.07 Å². The molecule has 0 aliphatic heterocycles. The maximum atomic E-state index is 10.6. The first-order valence-electron chi connectivity index (χ1n) is 7.32. The lowest BCUT2D eigenvalue weighted by atomic mass is 9.94. The van der Waals surface area contributed by atoms with Gasteiger partial charge in [-0.2, -0.15) is 5.26 Å². The standard InChI is InChI=1S/C17H18N2O2/c18-11-12-5-7-13(8-6-12)19-16-4-2-1-3-14(16)15(9-10-20)17(19)21/h5-8,20-21H,1-4,9-10H2. The third kappa shape index (κ3) is 2.30. The summed E-state index contributed by atoms with van der Waals surface area (Å²) in [6.45, 7) is 0.0391. The molecule has 0 saturated heterocycles. The van der Waals surface area contributed by atoms with Crippen LogP contribution in [0.4, 0.5) is 0 Å². The number of aliphatic hydroxyl groups is 1. The first-order chi connectivity index (χ1) is 10.3. The number of nitrogens with zero attached hydrogens (tertiary/aromatic N) is 2. The fourth-order valence-electron chi connectivity index (χ4n) is 3.20. The fraction of sp³-hybridized carbons (Fsp3) is 0.353. The smallest absolute Gasteiger partial charge is 0.199 e. The highest BCUT2D eigenvalue weighted by molar-refractivity contribution is 5.52. The second-order valence-corrected chi connectivity index (χ2v) is 5.40. The van der Waals surface area contributed by atoms with Crippen molar-refractivity contribution < 1.29 is 10.2 Å². The molecule has 108 valence electrons. The Morgan fingerprint density at radius 2 is 1.86 bits per heavy atom. The van der Waals surface area contributed by atoms with E-state index in [1.165, 1.54) is 5.56 Å². The fourth-order valence-corrected chi connectivity index (χ4v) is 3.20. The molecule has 0 fully saturated rings. The Bertz CT molecular complexity index is 693. The molecule has 0 radical (unpaired) electrons. The van der Waals surface area contributed by atoms with Gasteiger partial charge >= 0.3 is 0 Å². The first kappa shape index (κ1) is 13.7. The normalized spacial score (nSPS) is 13.7. The zero-order valence-corrected chi connectivity index (χ0v) is 11.8. The van der Waals surface area contributed by atoms with Crippen LogP contribution >= 0.6 is 0 Å². The zero-order valence-electron chi connectivity index (χ0n) is 11.8. The van der Waals surface area contributed by atoms with Crippen molar-refractivity contribution in [2.24, 2.45) is 0 Å². The second kappa shape index (κ2) is 5.63. The average molecular weight is 282 g/mol. The Morgan fingerprint density at radius 3 is 2.52 bits per heavy atom. The highest BCUT2D eigenvalue weighted by atomic mass is 16.3. The predicted molar refractivity (Wildman–Crippen MR) is 79.6 cm³/mol. The number of aromatic nitrogens is 1. The van der Waals surface area contributed by atoms with Crippen LogP contribution in [-0.4, -0.2) is 21.4 Å². The number of benzene rings is 1. The van der Waals surface area contributed by atoms with E-state index in [1.54, 1.807) is 12.1 Å². The van der Waals surface area contributed by atoms with E-state index in [9.17, 15) is 10.2 Å². The van der Waals surface area contributed by atoms with Gasteiger partial charge in [0.15, 0.2) is 5.88 Å². The van der Waals surface area contributed by atoms with Crippen LogP contribution < -0.4 is 0 Å². The molecule has 4 heteroatoms. The number of hydrogen-bond donors (Lipinski definition) is 2. The third-order valence-electron chi connectivity index (χ3n) is 4.17. The lowest BCUT2D eigenvalue weighted by Crippen LogP contribution is -2.07. The molecule has 1 aliphatic rings. The molecule has 0 amide bonds. The highest BCUT2D eigenvalue weighted by Crippen LogP contribution is 2.36. The Labute approximate surface area is 123 Å². The third-order valence-corrected chi connectivity index (χ3v) is 4.17. The van der Waals surface area contributed by atoms with Crippen molar-refractivity contribution in [2.75, 3.05) is 6.61 Å². The molecule has 21 heavy (non-hydrogen) atoms. The van der Waals surface area contributed by atoms with Gasteiger partial charge < -0.3 is 10.2 Å². The number of rotatable bonds is 3. The van der Waals surface area contributed by atoms with Crippen LogP contribution in [0.15, 0.2) is 24.3 Å². The van der Waals surface area contributed by atoms with Gasteiger partial charge in [-0.25, -0.2) is 0 Å². The molecule has 2 aromatic rings. The number of nitriles is 1. The van der Waals surface area contributed by atoms with E-state index >= 15 is 0 Å². The molecule has 0 spiro atoms. The van der Waals surface area contributed by atoms with Gasteiger partial charge in [0.1, 0.15) is 0 Å². The number of fused-ring (bicyclic) bond motifs is 1. The van der Waals surface area contributed by atoms with Crippen molar-refractivity contribution in [3.63, 3.8) is 0 Å². The molecule has 0 unspecified atom stereocenters. The van der Waals surface area contributed by atoms with E-state index in [0.717, 1.165) is 42.6 Å². The maximum Gasteiger partial charge on any atom is 0.199 e. The van der Waals surface area contributed by atoms with Crippen LogP contribution in [-0.2, 0) is 19.3 Å². The number of aliphatic hydroxyl groups excluding tert-OH is 1. The van der Waals surface area contributed by atoms with E-state index in [0.29, 0.717) is 12.0 Å². The van der Waals surface area contributed by atoms with Crippen LogP contribution in [0.25, 0.3) is 5.69 Å². The average Bonchev–Trinajstić information content (AvgIpc) is 2.81. The van der Waals surface area contributed by atoms with Gasteiger partial charge in [0.25, 0.3) is 0 Å². The summed E-state index contributed by atoms with van der Waals surface area (Å²) < 4.78 is 1.88. The van der Waals surface area contributed by atoms with Crippen molar-refractivity contribution in [2.45, 2.75) is 32.1 Å². The minimum Gasteiger partial charge on any atom is -0.494 e. The predicted octanol–water partition coefficient (Wildman–Crippen LogP) is 2.47. The molecular weight excluding hydrogens is 264 g/mol. The SMILES string of the molecule is N#Cc1ccc(-n2c(O)c(CCO)c3c2CCCC3)cc1. The highest BCUT2D eigenvalue weighted by Gasteiger charge is 2.24. The molecule has 0 saturated carbocycles. The van der Waals surface area contributed by atoms with Crippen LogP contribution in [0.2, 0.25) is 0 Å². The summed E-state index contributed by atoms with van der Waals surface area (Å²) in [5.74, 6) is 0.237. The Kier molecular flexibility index (Phi) is 3.68. The summed E-state index contributed by atoms with van der Waals surface area (Å²) in [7, 11) is 0. The van der Waals surface area contributed by atoms with Crippen molar-refractivity contribution in [3.05, 3.63) is 46.6 Å². The summed E-state index contributed by atoms with van der Waals surface area (Å²) >= 11 is 0. The molecule has 1 aromatic carbocycles. The lowest BCUT2D eigenvalue weighted by Gasteiger charge is -2.16. The van der Waals surface area contributed by atoms with E-state index in [4.69, 9.17) is 5.26 Å². The quantitative estimate of drug-likeness (QED) is 0.908. The summed E-state index contributed by atoms with van der Waals surface area (Å²) in [6.07, 6.45) is 4.63. The minimum absolute atomic E-state index is 0.0391. The van der Waals surface area contributed by atoms with Crippen molar-refractivity contribution in [3.8, 4) is 17.6 Å². The summed E-state index contributed by atoms with van der Waals surface area (Å²) in [5.41, 5.74) is 4.68. The van der Waals surface area contributed by atoms with Crippen LogP contribution in [0.1, 0.15) is 35.2 Å². The summed E-state index contributed by atoms with van der Waals surface area (Å²) in [6, 6.07) is 9.34. The van der Waals surface area contributed by atoms with Crippen molar-refractivity contribution >= 4 is 0 Å². The van der Waals surface area contributed by atoms with E-state index in [1.807, 2.05) is 16.7 Å². The van der Waals surface area contributed by atoms with Gasteiger partial charge in [0.05, 0.1) is 11.6 Å². The molecule has 1 heterocycles. The minimum atomic E-state index is 0.0391. The maximum absolute atomic E-state index is 10.6. The van der Waals surface area contributed by atoms with Crippen molar-refractivity contribution in [1.82, 2.24) is 4.57 Å². The molecule has 2 N–H and O–H groups in total. The largest absolute Gasteiger partial charge is 0.494 e. The van der Waals surface area contributed by atoms with Gasteiger partial charge in [-0.15, -0.1) is 0 Å². The lowest BCUT2D eigenvalue weighted by molar-refractivity contribution is 0.296. The molecule has 0 atom stereocenters. The van der Waals surface area contributed by atoms with Gasteiger partial charge in [0.2, 0.25) is 0 Å². The number of aromatic hydroxyl groups is 1. The number of hydrogen-bond acceptors (Lipinski definition) is 3. The molecule has 3 rings (SSSR count). The van der Waals surface area contributed by atoms with Crippen LogP contribution in [0, 0.1) is 11.3 Å². The van der Waals surface area contributed by atoms with Crippen molar-refractivity contribution in [1.29, 1.82) is 5.26 Å². The summed E-state index contributed by atoms with van der Waals surface area (Å²) in [5, 5.41) is 28.7. The van der Waals surface area contributed by atoms with Crippen LogP contribution in [0.5, 0.6) is 5.88 Å². The Hall–Kier alpha value is -2.25. The van der Waals surface area contributed by atoms with Crippen LogP contribution in [0.3, 0.4) is 0 Å². The zero-order chi connectivity index (χ0) is 14.8. The molecule has 4 nitrogen and oxygen atoms in total. The van der Waals surface area contributed by atoms with Gasteiger partial charge in [-0.05, 0) is 55.5 Å². The van der Waals surface area contributed by atoms with E-state index in [-0.39, 0.29) is 12.5 Å². The van der Waals surface area contributed by atoms with Gasteiger partial charge in [-0.1, -0.05) is 0 Å². The Morgan fingerprint density at radius 1 is 1.14 bits per heavy atom. The monoisotopic (exact) mass is 282 g/mol. The summed E-state index contributed by atoms with van der Waals surface area (Å²) in [4.78, 5) is 0. The molecule has 1 aromatic heterocycles.